The molecule has 5 nitrogen and oxygen atoms in total. The molecule has 1 aromatic heterocycles. The van der Waals surface area contributed by atoms with Gasteiger partial charge in [-0.25, -0.2) is 4.98 Å². The Morgan fingerprint density at radius 2 is 2.12 bits per heavy atom. The van der Waals surface area contributed by atoms with E-state index in [0.717, 1.165) is 6.20 Å². The standard InChI is InChI=1S/C8H8F3N3O2/c9-8(10,11)16-6-4(1-12)2-14-7(13)5(6)3-15/h2-3H,1,12H2,(H2,13,14). The number of aldehydes is 1. The molecule has 0 aliphatic carbocycles. The van der Waals surface area contributed by atoms with Crippen molar-refractivity contribution in [3.63, 3.8) is 0 Å². The van der Waals surface area contributed by atoms with E-state index in [4.69, 9.17) is 11.5 Å². The fourth-order valence-corrected chi connectivity index (χ4v) is 1.06. The average Bonchev–Trinajstić information content (AvgIpc) is 2.16. The number of pyridine rings is 1. The molecule has 1 rings (SSSR count). The van der Waals surface area contributed by atoms with Crippen LogP contribution in [0.5, 0.6) is 5.75 Å². The number of alkyl halides is 3. The first-order valence-electron chi connectivity index (χ1n) is 4.07. The molecule has 1 aromatic rings. The van der Waals surface area contributed by atoms with E-state index in [2.05, 4.69) is 9.72 Å². The Morgan fingerprint density at radius 1 is 1.50 bits per heavy atom. The highest BCUT2D eigenvalue weighted by molar-refractivity contribution is 5.86. The van der Waals surface area contributed by atoms with Gasteiger partial charge in [0, 0.05) is 18.3 Å². The summed E-state index contributed by atoms with van der Waals surface area (Å²) in [6.07, 6.45) is -3.75. The second kappa shape index (κ2) is 4.35. The molecule has 0 unspecified atom stereocenters. The van der Waals surface area contributed by atoms with E-state index in [9.17, 15) is 18.0 Å². The lowest BCUT2D eigenvalue weighted by molar-refractivity contribution is -0.274. The lowest BCUT2D eigenvalue weighted by Gasteiger charge is -2.14. The van der Waals surface area contributed by atoms with Gasteiger partial charge in [0.15, 0.2) is 6.29 Å². The van der Waals surface area contributed by atoms with Gasteiger partial charge < -0.3 is 16.2 Å². The van der Waals surface area contributed by atoms with Gasteiger partial charge in [-0.3, -0.25) is 4.79 Å². The van der Waals surface area contributed by atoms with Crippen LogP contribution < -0.4 is 16.2 Å². The molecule has 16 heavy (non-hydrogen) atoms. The van der Waals surface area contributed by atoms with E-state index in [1.54, 1.807) is 0 Å². The topological polar surface area (TPSA) is 91.2 Å². The van der Waals surface area contributed by atoms with Crippen molar-refractivity contribution in [1.29, 1.82) is 0 Å². The Balaban J connectivity index is 3.31. The summed E-state index contributed by atoms with van der Waals surface area (Å²) in [7, 11) is 0. The Labute approximate surface area is 88.2 Å². The number of aromatic nitrogens is 1. The van der Waals surface area contributed by atoms with Gasteiger partial charge >= 0.3 is 6.36 Å². The van der Waals surface area contributed by atoms with Crippen LogP contribution in [0.2, 0.25) is 0 Å². The molecule has 0 fully saturated rings. The van der Waals surface area contributed by atoms with Crippen LogP contribution in [0.1, 0.15) is 15.9 Å². The number of ether oxygens (including phenoxy) is 1. The molecule has 8 heteroatoms. The fourth-order valence-electron chi connectivity index (χ4n) is 1.06. The molecule has 1 heterocycles. The predicted octanol–water partition coefficient (Wildman–Crippen LogP) is 0.834. The molecule has 0 bridgehead atoms. The largest absolute Gasteiger partial charge is 0.573 e. The van der Waals surface area contributed by atoms with Crippen molar-refractivity contribution in [1.82, 2.24) is 4.98 Å². The Hall–Kier alpha value is -1.83. The normalized spacial score (nSPS) is 11.2. The number of hydrogen-bond acceptors (Lipinski definition) is 5. The van der Waals surface area contributed by atoms with E-state index >= 15 is 0 Å². The number of anilines is 1. The van der Waals surface area contributed by atoms with Crippen LogP contribution in [0.15, 0.2) is 6.20 Å². The first kappa shape index (κ1) is 12.2. The third-order valence-corrected chi connectivity index (χ3v) is 1.73. The summed E-state index contributed by atoms with van der Waals surface area (Å²) in [4.78, 5) is 14.1. The van der Waals surface area contributed by atoms with Crippen LogP contribution in [0.4, 0.5) is 19.0 Å². The van der Waals surface area contributed by atoms with Crippen molar-refractivity contribution in [2.45, 2.75) is 12.9 Å². The fraction of sp³-hybridized carbons (Fsp3) is 0.250. The molecular weight excluding hydrogens is 227 g/mol. The molecule has 0 spiro atoms. The summed E-state index contributed by atoms with van der Waals surface area (Å²) in [5.41, 5.74) is 9.94. The van der Waals surface area contributed by atoms with Crippen molar-refractivity contribution in [3.05, 3.63) is 17.3 Å². The maximum Gasteiger partial charge on any atom is 0.573 e. The maximum absolute atomic E-state index is 12.1. The molecule has 0 aliphatic rings. The molecule has 0 radical (unpaired) electrons. The Kier molecular flexibility index (Phi) is 3.33. The van der Waals surface area contributed by atoms with Crippen LogP contribution in [0.25, 0.3) is 0 Å². The maximum atomic E-state index is 12.1. The zero-order valence-electron chi connectivity index (χ0n) is 7.91. The number of carbonyl (C=O) groups is 1. The van der Waals surface area contributed by atoms with Crippen LogP contribution in [-0.4, -0.2) is 17.6 Å². The summed E-state index contributed by atoms with van der Waals surface area (Å²) in [6.45, 7) is -0.250. The number of halogens is 3. The second-order valence-corrected chi connectivity index (χ2v) is 2.78. The number of nitrogen functional groups attached to an aromatic ring is 1. The first-order chi connectivity index (χ1) is 7.39. The third-order valence-electron chi connectivity index (χ3n) is 1.73. The smallest absolute Gasteiger partial charge is 0.404 e. The van der Waals surface area contributed by atoms with Gasteiger partial charge in [0.05, 0.1) is 5.56 Å². The number of nitrogens with two attached hydrogens (primary N) is 2. The molecule has 4 N–H and O–H groups in total. The van der Waals surface area contributed by atoms with Gasteiger partial charge in [0.1, 0.15) is 11.6 Å². The number of carbonyl (C=O) groups excluding carboxylic acids is 1. The van der Waals surface area contributed by atoms with Crippen LogP contribution in [0, 0.1) is 0 Å². The molecule has 0 aromatic carbocycles. The summed E-state index contributed by atoms with van der Waals surface area (Å²) in [5.74, 6) is -1.04. The highest BCUT2D eigenvalue weighted by atomic mass is 19.4. The van der Waals surface area contributed by atoms with Gasteiger partial charge in [0.2, 0.25) is 0 Å². The summed E-state index contributed by atoms with van der Waals surface area (Å²) >= 11 is 0. The second-order valence-electron chi connectivity index (χ2n) is 2.78. The van der Waals surface area contributed by atoms with E-state index in [1.165, 1.54) is 0 Å². The van der Waals surface area contributed by atoms with E-state index in [1.807, 2.05) is 0 Å². The number of nitrogens with zero attached hydrogens (tertiary/aromatic N) is 1. The minimum Gasteiger partial charge on any atom is -0.404 e. The van der Waals surface area contributed by atoms with E-state index in [0.29, 0.717) is 0 Å². The summed E-state index contributed by atoms with van der Waals surface area (Å²) in [5, 5.41) is 0. The van der Waals surface area contributed by atoms with Crippen LogP contribution in [-0.2, 0) is 6.54 Å². The Morgan fingerprint density at radius 3 is 2.56 bits per heavy atom. The van der Waals surface area contributed by atoms with Gasteiger partial charge in [-0.05, 0) is 0 Å². The van der Waals surface area contributed by atoms with Gasteiger partial charge in [0.25, 0.3) is 0 Å². The molecule has 0 atom stereocenters. The predicted molar refractivity (Wildman–Crippen MR) is 48.6 cm³/mol. The van der Waals surface area contributed by atoms with Crippen LogP contribution in [0.3, 0.4) is 0 Å². The third kappa shape index (κ3) is 2.60. The molecular formula is C8H8F3N3O2. The SMILES string of the molecule is NCc1cnc(N)c(C=O)c1OC(F)(F)F. The first-order valence-corrected chi connectivity index (χ1v) is 4.07. The number of rotatable bonds is 3. The average molecular weight is 235 g/mol. The zero-order chi connectivity index (χ0) is 12.3. The van der Waals surface area contributed by atoms with Gasteiger partial charge in [-0.2, -0.15) is 0 Å². The van der Waals surface area contributed by atoms with Gasteiger partial charge in [-0.15, -0.1) is 13.2 Å². The highest BCUT2D eigenvalue weighted by Gasteiger charge is 2.33. The lowest BCUT2D eigenvalue weighted by Crippen LogP contribution is -2.20. The van der Waals surface area contributed by atoms with Crippen molar-refractivity contribution < 1.29 is 22.7 Å². The molecule has 0 saturated heterocycles. The quantitative estimate of drug-likeness (QED) is 0.757. The number of hydrogen-bond donors (Lipinski definition) is 2. The monoisotopic (exact) mass is 235 g/mol. The van der Waals surface area contributed by atoms with E-state index in [-0.39, 0.29) is 24.2 Å². The zero-order valence-corrected chi connectivity index (χ0v) is 7.91. The van der Waals surface area contributed by atoms with Crippen molar-refractivity contribution in [2.24, 2.45) is 5.73 Å². The minimum absolute atomic E-state index is 0.0476. The molecule has 88 valence electrons. The van der Waals surface area contributed by atoms with Crippen molar-refractivity contribution in [2.75, 3.05) is 5.73 Å². The summed E-state index contributed by atoms with van der Waals surface area (Å²) in [6, 6.07) is 0. The molecule has 0 aliphatic heterocycles. The molecule has 0 saturated carbocycles. The van der Waals surface area contributed by atoms with E-state index < -0.39 is 17.7 Å². The van der Waals surface area contributed by atoms with Crippen molar-refractivity contribution >= 4 is 12.1 Å². The summed E-state index contributed by atoms with van der Waals surface area (Å²) < 4.78 is 39.9. The molecule has 0 amide bonds. The lowest BCUT2D eigenvalue weighted by atomic mass is 10.1. The van der Waals surface area contributed by atoms with Gasteiger partial charge in [-0.1, -0.05) is 0 Å². The minimum atomic E-state index is -4.92. The Bertz CT molecular complexity index is 406. The van der Waals surface area contributed by atoms with Crippen molar-refractivity contribution in [3.8, 4) is 5.75 Å². The highest BCUT2D eigenvalue weighted by Crippen LogP contribution is 2.31. The van der Waals surface area contributed by atoms with Crippen LogP contribution >= 0.6 is 0 Å².